The van der Waals surface area contributed by atoms with Gasteiger partial charge in [-0.2, -0.15) is 0 Å². The Hall–Kier alpha value is -2.32. The van der Waals surface area contributed by atoms with Crippen LogP contribution in [-0.2, 0) is 28.5 Å². The topological polar surface area (TPSA) is 89.5 Å². The lowest BCUT2D eigenvalue weighted by Gasteiger charge is -2.36. The summed E-state index contributed by atoms with van der Waals surface area (Å²) < 4.78 is 33.1. The summed E-state index contributed by atoms with van der Waals surface area (Å²) in [5.41, 5.74) is -1.99. The monoisotopic (exact) mass is 450 g/mol. The molecule has 1 aromatic rings. The van der Waals surface area contributed by atoms with Crippen LogP contribution in [0.4, 0.5) is 0 Å². The van der Waals surface area contributed by atoms with Crippen LogP contribution in [0.3, 0.4) is 0 Å². The van der Waals surface area contributed by atoms with Gasteiger partial charge in [-0.1, -0.05) is 27.7 Å². The summed E-state index contributed by atoms with van der Waals surface area (Å²) in [4.78, 5) is 26.1. The zero-order valence-electron chi connectivity index (χ0n) is 20.0. The third kappa shape index (κ3) is 3.73. The molecular weight excluding hydrogens is 416 g/mol. The van der Waals surface area contributed by atoms with Crippen LogP contribution in [0.15, 0.2) is 18.2 Å². The zero-order chi connectivity index (χ0) is 23.7. The SMILES string of the molecule is COCOc1ccc([C@@H](OC(=O)[C@]23CC[C@](C)(C(=O)O2)C3(C)C)C(C)C)c(OCOC)c1. The molecule has 0 N–H and O–H groups in total. The van der Waals surface area contributed by atoms with E-state index >= 15 is 0 Å². The summed E-state index contributed by atoms with van der Waals surface area (Å²) in [6.07, 6.45) is 0.415. The molecule has 8 nitrogen and oxygen atoms in total. The fraction of sp³-hybridized carbons (Fsp3) is 0.667. The Morgan fingerprint density at radius 3 is 2.25 bits per heavy atom. The smallest absolute Gasteiger partial charge is 0.351 e. The van der Waals surface area contributed by atoms with Crippen molar-refractivity contribution in [2.24, 2.45) is 16.7 Å². The Morgan fingerprint density at radius 1 is 1.06 bits per heavy atom. The maximum Gasteiger partial charge on any atom is 0.351 e. The Kier molecular flexibility index (Phi) is 6.77. The van der Waals surface area contributed by atoms with E-state index < -0.39 is 28.5 Å². The summed E-state index contributed by atoms with van der Waals surface area (Å²) in [6.45, 7) is 9.70. The molecule has 0 radical (unpaired) electrons. The minimum atomic E-state index is -1.29. The summed E-state index contributed by atoms with van der Waals surface area (Å²) in [5, 5.41) is 0. The minimum Gasteiger partial charge on any atom is -0.467 e. The fourth-order valence-electron chi connectivity index (χ4n) is 4.69. The minimum absolute atomic E-state index is 0.0203. The number of rotatable bonds is 10. The molecule has 178 valence electrons. The predicted molar refractivity (Wildman–Crippen MR) is 115 cm³/mol. The summed E-state index contributed by atoms with van der Waals surface area (Å²) in [7, 11) is 3.06. The average Bonchev–Trinajstić information content (AvgIpc) is 3.04. The highest BCUT2D eigenvalue weighted by Gasteiger charge is 2.76. The van der Waals surface area contributed by atoms with E-state index in [9.17, 15) is 9.59 Å². The van der Waals surface area contributed by atoms with Gasteiger partial charge in [-0.3, -0.25) is 4.79 Å². The first-order valence-electron chi connectivity index (χ1n) is 10.9. The molecule has 1 aliphatic heterocycles. The van der Waals surface area contributed by atoms with Crippen LogP contribution in [0.5, 0.6) is 11.5 Å². The fourth-order valence-corrected chi connectivity index (χ4v) is 4.69. The van der Waals surface area contributed by atoms with Crippen LogP contribution in [-0.4, -0.2) is 45.3 Å². The standard InChI is InChI=1S/C24H34O8/c1-15(2)19(17-9-8-16(29-13-27-6)12-18(17)30-14-28-7)31-21(26)24-11-10-23(5,20(25)32-24)22(24,3)4/h8-9,12,15,19H,10-11,13-14H2,1-7H3/t19-,23+,24-/m0/s1. The Bertz CT molecular complexity index is 864. The molecule has 1 aliphatic carbocycles. The number of carbonyl (C=O) groups excluding carboxylic acids is 2. The lowest BCUT2D eigenvalue weighted by Crippen LogP contribution is -2.49. The van der Waals surface area contributed by atoms with E-state index in [2.05, 4.69) is 0 Å². The summed E-state index contributed by atoms with van der Waals surface area (Å²) >= 11 is 0. The van der Waals surface area contributed by atoms with E-state index in [0.29, 0.717) is 29.9 Å². The van der Waals surface area contributed by atoms with Crippen molar-refractivity contribution in [2.75, 3.05) is 27.8 Å². The van der Waals surface area contributed by atoms with Crippen molar-refractivity contribution < 1.29 is 38.0 Å². The first-order valence-corrected chi connectivity index (χ1v) is 10.9. The molecule has 2 bridgehead atoms. The van der Waals surface area contributed by atoms with Gasteiger partial charge in [-0.15, -0.1) is 0 Å². The first-order chi connectivity index (χ1) is 15.0. The third-order valence-corrected chi connectivity index (χ3v) is 7.22. The quantitative estimate of drug-likeness (QED) is 0.390. The van der Waals surface area contributed by atoms with E-state index in [1.54, 1.807) is 18.2 Å². The van der Waals surface area contributed by atoms with Gasteiger partial charge in [0.05, 0.1) is 5.41 Å². The number of carbonyl (C=O) groups is 2. The second kappa shape index (κ2) is 8.90. The van der Waals surface area contributed by atoms with E-state index in [1.807, 2.05) is 34.6 Å². The second-order valence-electron chi connectivity index (χ2n) is 9.54. The van der Waals surface area contributed by atoms with Crippen LogP contribution in [0, 0.1) is 16.7 Å². The highest BCUT2D eigenvalue weighted by molar-refractivity contribution is 5.93. The third-order valence-electron chi connectivity index (χ3n) is 7.22. The van der Waals surface area contributed by atoms with Gasteiger partial charge in [0.1, 0.15) is 17.6 Å². The molecule has 0 amide bonds. The number of methoxy groups -OCH3 is 2. The maximum absolute atomic E-state index is 13.5. The number of benzene rings is 1. The molecule has 1 heterocycles. The molecule has 2 aliphatic rings. The van der Waals surface area contributed by atoms with Crippen molar-refractivity contribution >= 4 is 11.9 Å². The molecule has 3 rings (SSSR count). The van der Waals surface area contributed by atoms with Crippen molar-refractivity contribution in [3.05, 3.63) is 23.8 Å². The van der Waals surface area contributed by atoms with E-state index in [-0.39, 0.29) is 25.5 Å². The van der Waals surface area contributed by atoms with Crippen LogP contribution < -0.4 is 9.47 Å². The molecule has 1 saturated heterocycles. The number of fused-ring (bicyclic) bond motifs is 2. The highest BCUT2D eigenvalue weighted by Crippen LogP contribution is 2.66. The molecule has 3 atom stereocenters. The number of esters is 2. The lowest BCUT2D eigenvalue weighted by molar-refractivity contribution is -0.189. The molecule has 8 heteroatoms. The van der Waals surface area contributed by atoms with Gasteiger partial charge in [0.25, 0.3) is 0 Å². The van der Waals surface area contributed by atoms with Crippen LogP contribution in [0.1, 0.15) is 59.1 Å². The van der Waals surface area contributed by atoms with E-state index in [1.165, 1.54) is 14.2 Å². The van der Waals surface area contributed by atoms with Crippen LogP contribution in [0.25, 0.3) is 0 Å². The van der Waals surface area contributed by atoms with Gasteiger partial charge in [0, 0.05) is 31.3 Å². The van der Waals surface area contributed by atoms with Gasteiger partial charge in [0.15, 0.2) is 13.6 Å². The molecule has 0 spiro atoms. The van der Waals surface area contributed by atoms with Crippen molar-refractivity contribution in [1.82, 2.24) is 0 Å². The normalized spacial score (nSPS) is 26.7. The van der Waals surface area contributed by atoms with Crippen molar-refractivity contribution in [3.63, 3.8) is 0 Å². The van der Waals surface area contributed by atoms with Gasteiger partial charge in [-0.05, 0) is 37.8 Å². The number of hydrogen-bond donors (Lipinski definition) is 0. The number of hydrogen-bond acceptors (Lipinski definition) is 8. The van der Waals surface area contributed by atoms with Gasteiger partial charge in [-0.25, -0.2) is 4.79 Å². The van der Waals surface area contributed by atoms with Crippen molar-refractivity contribution in [3.8, 4) is 11.5 Å². The van der Waals surface area contributed by atoms with Crippen molar-refractivity contribution in [1.29, 1.82) is 0 Å². The lowest BCUT2D eigenvalue weighted by atomic mass is 9.66. The molecule has 32 heavy (non-hydrogen) atoms. The van der Waals surface area contributed by atoms with Crippen LogP contribution in [0.2, 0.25) is 0 Å². The Labute approximate surface area is 189 Å². The summed E-state index contributed by atoms with van der Waals surface area (Å²) in [6, 6.07) is 5.28. The number of ether oxygens (including phenoxy) is 6. The Balaban J connectivity index is 1.92. The van der Waals surface area contributed by atoms with E-state index in [4.69, 9.17) is 28.4 Å². The first kappa shape index (κ1) is 24.3. The zero-order valence-corrected chi connectivity index (χ0v) is 20.0. The second-order valence-corrected chi connectivity index (χ2v) is 9.54. The molecule has 2 fully saturated rings. The molecule has 1 saturated carbocycles. The van der Waals surface area contributed by atoms with E-state index in [0.717, 1.165) is 0 Å². The van der Waals surface area contributed by atoms with Gasteiger partial charge >= 0.3 is 11.9 Å². The molecule has 0 unspecified atom stereocenters. The molecule has 1 aromatic carbocycles. The Morgan fingerprint density at radius 2 is 1.72 bits per heavy atom. The maximum atomic E-state index is 13.5. The van der Waals surface area contributed by atoms with Crippen LogP contribution >= 0.6 is 0 Å². The highest BCUT2D eigenvalue weighted by atomic mass is 16.7. The largest absolute Gasteiger partial charge is 0.467 e. The summed E-state index contributed by atoms with van der Waals surface area (Å²) in [5.74, 6) is 0.0951. The average molecular weight is 451 g/mol. The van der Waals surface area contributed by atoms with Crippen molar-refractivity contribution in [2.45, 2.75) is 59.2 Å². The molecular formula is C24H34O8. The van der Waals surface area contributed by atoms with Gasteiger partial charge in [0.2, 0.25) is 5.60 Å². The molecule has 0 aromatic heterocycles. The van der Waals surface area contributed by atoms with Gasteiger partial charge < -0.3 is 28.4 Å². The predicted octanol–water partition coefficient (Wildman–Crippen LogP) is 4.01.